The second-order valence-electron chi connectivity index (χ2n) is 5.65. The molecule has 1 aromatic rings. The quantitative estimate of drug-likeness (QED) is 0.883. The molecule has 0 saturated heterocycles. The van der Waals surface area contributed by atoms with Gasteiger partial charge in [-0.15, -0.1) is 0 Å². The van der Waals surface area contributed by atoms with Gasteiger partial charge in [-0.05, 0) is 49.4 Å². The largest absolute Gasteiger partial charge is 0.484 e. The number of rotatable bonds is 4. The molecule has 0 unspecified atom stereocenters. The van der Waals surface area contributed by atoms with Crippen LogP contribution in [-0.4, -0.2) is 24.1 Å². The van der Waals surface area contributed by atoms with E-state index < -0.39 is 0 Å². The van der Waals surface area contributed by atoms with Gasteiger partial charge in [0.15, 0.2) is 6.61 Å². The Morgan fingerprint density at radius 2 is 2.05 bits per heavy atom. The minimum atomic E-state index is -0.0869. The number of benzene rings is 1. The van der Waals surface area contributed by atoms with E-state index in [0.717, 1.165) is 19.3 Å². The van der Waals surface area contributed by atoms with E-state index in [4.69, 9.17) is 22.1 Å². The van der Waals surface area contributed by atoms with Crippen LogP contribution in [-0.2, 0) is 4.79 Å². The van der Waals surface area contributed by atoms with Crippen molar-refractivity contribution in [1.29, 1.82) is 0 Å². The summed E-state index contributed by atoms with van der Waals surface area (Å²) in [5.74, 6) is 1.12. The van der Waals surface area contributed by atoms with Crippen molar-refractivity contribution in [3.05, 3.63) is 29.3 Å². The molecule has 5 heteroatoms. The van der Waals surface area contributed by atoms with Gasteiger partial charge < -0.3 is 15.8 Å². The number of hydrogen-bond donors (Lipinski definition) is 2. The third-order valence-electron chi connectivity index (χ3n) is 4.06. The van der Waals surface area contributed by atoms with Crippen LogP contribution in [0.2, 0.25) is 5.02 Å². The summed E-state index contributed by atoms with van der Waals surface area (Å²) >= 11 is 5.77. The molecule has 3 fully saturated rings. The number of carbonyl (C=O) groups is 1. The molecule has 3 N–H and O–H groups in total. The number of nitrogens with two attached hydrogens (primary N) is 1. The van der Waals surface area contributed by atoms with Crippen molar-refractivity contribution in [3.63, 3.8) is 0 Å². The van der Waals surface area contributed by atoms with Crippen LogP contribution in [0.25, 0.3) is 0 Å². The molecule has 0 radical (unpaired) electrons. The first-order valence-corrected chi connectivity index (χ1v) is 6.88. The smallest absolute Gasteiger partial charge is 0.258 e. The lowest BCUT2D eigenvalue weighted by molar-refractivity contribution is -0.124. The highest BCUT2D eigenvalue weighted by molar-refractivity contribution is 6.30. The van der Waals surface area contributed by atoms with E-state index >= 15 is 0 Å². The molecule has 4 nitrogen and oxygen atoms in total. The third kappa shape index (κ3) is 2.69. The predicted octanol–water partition coefficient (Wildman–Crippen LogP) is 1.71. The van der Waals surface area contributed by atoms with E-state index in [1.807, 2.05) is 0 Å². The maximum absolute atomic E-state index is 11.8. The van der Waals surface area contributed by atoms with E-state index in [1.54, 1.807) is 24.3 Å². The first-order chi connectivity index (χ1) is 9.04. The maximum atomic E-state index is 11.8. The van der Waals surface area contributed by atoms with Gasteiger partial charge in [-0.2, -0.15) is 0 Å². The fourth-order valence-electron chi connectivity index (χ4n) is 3.14. The minimum Gasteiger partial charge on any atom is -0.484 e. The summed E-state index contributed by atoms with van der Waals surface area (Å²) in [5.41, 5.74) is 6.08. The summed E-state index contributed by atoms with van der Waals surface area (Å²) in [4.78, 5) is 11.8. The van der Waals surface area contributed by atoms with Crippen LogP contribution in [0.5, 0.6) is 5.75 Å². The second-order valence-corrected chi connectivity index (χ2v) is 6.09. The normalized spacial score (nSPS) is 31.7. The Bertz CT molecular complexity index is 483. The summed E-state index contributed by atoms with van der Waals surface area (Å²) in [5, 5.41) is 3.66. The van der Waals surface area contributed by atoms with Crippen LogP contribution in [0, 0.1) is 5.92 Å². The van der Waals surface area contributed by atoms with Gasteiger partial charge in [0.1, 0.15) is 5.75 Å². The van der Waals surface area contributed by atoms with Crippen molar-refractivity contribution in [2.75, 3.05) is 6.61 Å². The van der Waals surface area contributed by atoms with E-state index in [-0.39, 0.29) is 24.1 Å². The van der Waals surface area contributed by atoms with Gasteiger partial charge in [0.05, 0.1) is 0 Å². The van der Waals surface area contributed by atoms with Gasteiger partial charge in [0.25, 0.3) is 5.91 Å². The van der Waals surface area contributed by atoms with Crippen LogP contribution < -0.4 is 15.8 Å². The van der Waals surface area contributed by atoms with Crippen molar-refractivity contribution in [2.45, 2.75) is 30.8 Å². The lowest BCUT2D eigenvalue weighted by atomic mass is 9.78. The number of nitrogens with one attached hydrogen (secondary N) is 1. The molecule has 102 valence electrons. The maximum Gasteiger partial charge on any atom is 0.258 e. The Morgan fingerprint density at radius 1 is 1.37 bits per heavy atom. The van der Waals surface area contributed by atoms with Crippen LogP contribution in [0.4, 0.5) is 0 Å². The fraction of sp³-hybridized carbons (Fsp3) is 0.500. The van der Waals surface area contributed by atoms with E-state index in [9.17, 15) is 4.79 Å². The van der Waals surface area contributed by atoms with Crippen molar-refractivity contribution in [2.24, 2.45) is 11.7 Å². The SMILES string of the molecule is NC12CC(C1)[C@H](NC(=O)COc1ccc(Cl)cc1)C2. The summed E-state index contributed by atoms with van der Waals surface area (Å²) in [6, 6.07) is 7.19. The second kappa shape index (κ2) is 4.69. The molecule has 1 amide bonds. The van der Waals surface area contributed by atoms with Gasteiger partial charge in [0, 0.05) is 16.6 Å². The Labute approximate surface area is 117 Å². The highest BCUT2D eigenvalue weighted by Gasteiger charge is 2.53. The van der Waals surface area contributed by atoms with Crippen LogP contribution >= 0.6 is 11.6 Å². The van der Waals surface area contributed by atoms with E-state index in [2.05, 4.69) is 5.32 Å². The molecule has 0 heterocycles. The molecule has 1 aromatic carbocycles. The molecule has 0 aromatic heterocycles. The molecular formula is C14H17ClN2O2. The lowest BCUT2D eigenvalue weighted by Gasteiger charge is -2.34. The average Bonchev–Trinajstić information content (AvgIpc) is 2.80. The van der Waals surface area contributed by atoms with Crippen molar-refractivity contribution >= 4 is 17.5 Å². The molecule has 3 aliphatic carbocycles. The third-order valence-corrected chi connectivity index (χ3v) is 4.31. The highest BCUT2D eigenvalue weighted by atomic mass is 35.5. The van der Waals surface area contributed by atoms with E-state index in [1.165, 1.54) is 0 Å². The van der Waals surface area contributed by atoms with Crippen molar-refractivity contribution < 1.29 is 9.53 Å². The Balaban J connectivity index is 1.46. The van der Waals surface area contributed by atoms with E-state index in [0.29, 0.717) is 16.7 Å². The molecule has 0 spiro atoms. The molecule has 0 aliphatic heterocycles. The summed E-state index contributed by atoms with van der Waals surface area (Å²) in [6.45, 7) is 0.0302. The molecular weight excluding hydrogens is 264 g/mol. The van der Waals surface area contributed by atoms with Crippen LogP contribution in [0.3, 0.4) is 0 Å². The molecule has 1 atom stereocenters. The molecule has 2 bridgehead atoms. The van der Waals surface area contributed by atoms with Gasteiger partial charge in [-0.1, -0.05) is 11.6 Å². The van der Waals surface area contributed by atoms with Crippen molar-refractivity contribution in [3.8, 4) is 5.75 Å². The highest BCUT2D eigenvalue weighted by Crippen LogP contribution is 2.50. The predicted molar refractivity (Wildman–Crippen MR) is 73.1 cm³/mol. The Morgan fingerprint density at radius 3 is 2.63 bits per heavy atom. The molecule has 4 rings (SSSR count). The average molecular weight is 281 g/mol. The number of carbonyl (C=O) groups excluding carboxylic acids is 1. The first-order valence-electron chi connectivity index (χ1n) is 6.51. The number of halogens is 1. The summed E-state index contributed by atoms with van der Waals surface area (Å²) in [7, 11) is 0. The zero-order valence-electron chi connectivity index (χ0n) is 10.6. The number of hydrogen-bond acceptors (Lipinski definition) is 3. The zero-order chi connectivity index (χ0) is 13.5. The van der Waals surface area contributed by atoms with Crippen LogP contribution in [0.1, 0.15) is 19.3 Å². The molecule has 3 aliphatic rings. The zero-order valence-corrected chi connectivity index (χ0v) is 11.3. The monoisotopic (exact) mass is 280 g/mol. The lowest BCUT2D eigenvalue weighted by Crippen LogP contribution is -2.44. The van der Waals surface area contributed by atoms with Crippen molar-refractivity contribution in [1.82, 2.24) is 5.32 Å². The van der Waals surface area contributed by atoms with Gasteiger partial charge in [-0.25, -0.2) is 0 Å². The fourth-order valence-corrected chi connectivity index (χ4v) is 3.26. The number of ether oxygens (including phenoxy) is 1. The van der Waals surface area contributed by atoms with Gasteiger partial charge in [-0.3, -0.25) is 4.79 Å². The van der Waals surface area contributed by atoms with Gasteiger partial charge in [0.2, 0.25) is 0 Å². The summed E-state index contributed by atoms with van der Waals surface area (Å²) in [6.07, 6.45) is 2.97. The molecule has 19 heavy (non-hydrogen) atoms. The Kier molecular flexibility index (Phi) is 3.15. The standard InChI is InChI=1S/C14H17ClN2O2/c15-10-1-3-11(4-2-10)19-8-13(18)17-12-7-14(16)5-9(12)6-14/h1-4,9,12H,5-8,16H2,(H,17,18)/t9?,12-,14?/m1/s1. The topological polar surface area (TPSA) is 64.3 Å². The minimum absolute atomic E-state index is 0.0142. The van der Waals surface area contributed by atoms with Crippen LogP contribution in [0.15, 0.2) is 24.3 Å². The van der Waals surface area contributed by atoms with Gasteiger partial charge >= 0.3 is 0 Å². The number of amides is 1. The Hall–Kier alpha value is -1.26. The molecule has 3 saturated carbocycles. The first kappa shape index (κ1) is 12.8. The number of fused-ring (bicyclic) bond motifs is 1. The summed E-state index contributed by atoms with van der Waals surface area (Å²) < 4.78 is 5.41.